The minimum atomic E-state index is -0.407. The zero-order valence-electron chi connectivity index (χ0n) is 15.5. The summed E-state index contributed by atoms with van der Waals surface area (Å²) in [6, 6.07) is 9.56. The highest BCUT2D eigenvalue weighted by atomic mass is 16.5. The van der Waals surface area contributed by atoms with Gasteiger partial charge in [0, 0.05) is 12.7 Å². The van der Waals surface area contributed by atoms with Gasteiger partial charge in [-0.2, -0.15) is 10.1 Å². The molecule has 3 aromatic rings. The number of esters is 1. The van der Waals surface area contributed by atoms with Gasteiger partial charge < -0.3 is 14.8 Å². The lowest BCUT2D eigenvalue weighted by molar-refractivity contribution is 0.0525. The van der Waals surface area contributed by atoms with Gasteiger partial charge in [0.1, 0.15) is 17.1 Å². The molecule has 0 spiro atoms. The molecule has 140 valence electrons. The summed E-state index contributed by atoms with van der Waals surface area (Å²) in [6.45, 7) is 4.45. The van der Waals surface area contributed by atoms with Crippen LogP contribution >= 0.6 is 0 Å². The summed E-state index contributed by atoms with van der Waals surface area (Å²) >= 11 is 0. The molecule has 0 amide bonds. The van der Waals surface area contributed by atoms with E-state index in [0.717, 1.165) is 11.3 Å². The fraction of sp³-hybridized carbons (Fsp3) is 0.263. The molecular weight excluding hydrogens is 346 g/mol. The maximum absolute atomic E-state index is 11.9. The molecule has 2 heterocycles. The van der Waals surface area contributed by atoms with Crippen LogP contribution in [0.4, 0.5) is 5.82 Å². The van der Waals surface area contributed by atoms with E-state index in [-0.39, 0.29) is 0 Å². The molecule has 0 aliphatic heterocycles. The Kier molecular flexibility index (Phi) is 5.65. The smallest absolute Gasteiger partial charge is 0.341 e. The van der Waals surface area contributed by atoms with E-state index in [1.54, 1.807) is 33.2 Å². The number of nitrogens with zero attached hydrogens (tertiary/aromatic N) is 4. The third-order valence-corrected chi connectivity index (χ3v) is 3.97. The first kappa shape index (κ1) is 18.4. The Balaban J connectivity index is 1.74. The van der Waals surface area contributed by atoms with Gasteiger partial charge in [-0.05, 0) is 37.6 Å². The minimum absolute atomic E-state index is 0.310. The Hall–Kier alpha value is -3.42. The molecule has 0 aliphatic rings. The number of ether oxygens (including phenoxy) is 2. The van der Waals surface area contributed by atoms with Crippen LogP contribution in [0, 0.1) is 6.92 Å². The van der Waals surface area contributed by atoms with Crippen molar-refractivity contribution >= 4 is 11.8 Å². The second-order valence-electron chi connectivity index (χ2n) is 5.72. The lowest BCUT2D eigenvalue weighted by Crippen LogP contribution is -2.10. The van der Waals surface area contributed by atoms with Gasteiger partial charge in [0.05, 0.1) is 25.6 Å². The van der Waals surface area contributed by atoms with Crippen LogP contribution in [0.5, 0.6) is 5.75 Å². The summed E-state index contributed by atoms with van der Waals surface area (Å²) < 4.78 is 11.7. The van der Waals surface area contributed by atoms with Crippen LogP contribution in [-0.2, 0) is 11.3 Å². The van der Waals surface area contributed by atoms with Crippen LogP contribution in [0.2, 0.25) is 0 Å². The molecule has 8 nitrogen and oxygen atoms in total. The maximum Gasteiger partial charge on any atom is 0.341 e. The minimum Gasteiger partial charge on any atom is -0.497 e. The third-order valence-electron chi connectivity index (χ3n) is 3.97. The van der Waals surface area contributed by atoms with Crippen molar-refractivity contribution in [3.8, 4) is 11.7 Å². The predicted molar refractivity (Wildman–Crippen MR) is 100 cm³/mol. The number of aromatic nitrogens is 4. The molecular formula is C19H21N5O3. The first-order valence-corrected chi connectivity index (χ1v) is 8.54. The van der Waals surface area contributed by atoms with Crippen molar-refractivity contribution in [3.05, 3.63) is 59.5 Å². The number of nitrogens with one attached hydrogen (secondary N) is 1. The zero-order valence-corrected chi connectivity index (χ0v) is 15.5. The summed E-state index contributed by atoms with van der Waals surface area (Å²) in [5, 5.41) is 7.47. The Morgan fingerprint density at radius 1 is 1.22 bits per heavy atom. The van der Waals surface area contributed by atoms with Gasteiger partial charge in [-0.1, -0.05) is 12.1 Å². The van der Waals surface area contributed by atoms with Gasteiger partial charge in [-0.25, -0.2) is 14.5 Å². The highest BCUT2D eigenvalue weighted by Gasteiger charge is 2.17. The Labute approximate surface area is 157 Å². The highest BCUT2D eigenvalue weighted by molar-refractivity contribution is 5.90. The number of methoxy groups -OCH3 is 1. The van der Waals surface area contributed by atoms with E-state index in [1.807, 2.05) is 24.3 Å². The number of rotatable bonds is 7. The van der Waals surface area contributed by atoms with Crippen molar-refractivity contribution in [2.24, 2.45) is 0 Å². The molecule has 1 N–H and O–H groups in total. The van der Waals surface area contributed by atoms with Gasteiger partial charge >= 0.3 is 5.97 Å². The molecule has 0 unspecified atom stereocenters. The quantitative estimate of drug-likeness (QED) is 0.642. The number of hydrogen-bond acceptors (Lipinski definition) is 7. The summed E-state index contributed by atoms with van der Waals surface area (Å²) in [5.41, 5.74) is 2.12. The molecule has 0 radical (unpaired) electrons. The van der Waals surface area contributed by atoms with Crippen molar-refractivity contribution in [2.75, 3.05) is 19.0 Å². The standard InChI is InChI=1S/C19H21N5O3/c1-4-27-18(25)16-12-22-24(13(16)2)19-20-10-9-17(23-19)21-11-14-5-7-15(26-3)8-6-14/h5-10,12H,4,11H2,1-3H3,(H,20,21,23). The fourth-order valence-corrected chi connectivity index (χ4v) is 2.51. The molecule has 0 saturated carbocycles. The number of anilines is 1. The first-order chi connectivity index (χ1) is 13.1. The van der Waals surface area contributed by atoms with Gasteiger partial charge in [0.2, 0.25) is 0 Å². The van der Waals surface area contributed by atoms with Crippen LogP contribution in [0.1, 0.15) is 28.5 Å². The molecule has 0 saturated heterocycles. The number of carbonyl (C=O) groups excluding carboxylic acids is 1. The molecule has 0 aliphatic carbocycles. The van der Waals surface area contributed by atoms with Crippen molar-refractivity contribution in [2.45, 2.75) is 20.4 Å². The monoisotopic (exact) mass is 367 g/mol. The number of carbonyl (C=O) groups is 1. The summed E-state index contributed by atoms with van der Waals surface area (Å²) in [5.74, 6) is 1.44. The largest absolute Gasteiger partial charge is 0.497 e. The van der Waals surface area contributed by atoms with E-state index in [1.165, 1.54) is 10.9 Å². The second-order valence-corrected chi connectivity index (χ2v) is 5.72. The average molecular weight is 367 g/mol. The van der Waals surface area contributed by atoms with E-state index in [0.29, 0.717) is 36.2 Å². The SMILES string of the molecule is CCOC(=O)c1cnn(-c2nccc(NCc3ccc(OC)cc3)n2)c1C. The first-order valence-electron chi connectivity index (χ1n) is 8.54. The Morgan fingerprint density at radius 2 is 2.00 bits per heavy atom. The van der Waals surface area contributed by atoms with Crippen LogP contribution in [-0.4, -0.2) is 39.4 Å². The van der Waals surface area contributed by atoms with Crippen molar-refractivity contribution < 1.29 is 14.3 Å². The summed E-state index contributed by atoms with van der Waals surface area (Å²) in [7, 11) is 1.64. The predicted octanol–water partition coefficient (Wildman–Crippen LogP) is 2.77. The lowest BCUT2D eigenvalue weighted by atomic mass is 10.2. The molecule has 1 aromatic carbocycles. The topological polar surface area (TPSA) is 91.2 Å². The van der Waals surface area contributed by atoms with Crippen LogP contribution in [0.15, 0.2) is 42.7 Å². The zero-order chi connectivity index (χ0) is 19.2. The second kappa shape index (κ2) is 8.31. The van der Waals surface area contributed by atoms with Crippen LogP contribution in [0.25, 0.3) is 5.95 Å². The molecule has 3 rings (SSSR count). The molecule has 0 atom stereocenters. The van der Waals surface area contributed by atoms with Crippen LogP contribution < -0.4 is 10.1 Å². The normalized spacial score (nSPS) is 10.5. The van der Waals surface area contributed by atoms with E-state index >= 15 is 0 Å². The lowest BCUT2D eigenvalue weighted by Gasteiger charge is -2.09. The van der Waals surface area contributed by atoms with Crippen molar-refractivity contribution in [1.82, 2.24) is 19.7 Å². The summed E-state index contributed by atoms with van der Waals surface area (Å²) in [6.07, 6.45) is 3.11. The van der Waals surface area contributed by atoms with Gasteiger partial charge in [0.15, 0.2) is 0 Å². The van der Waals surface area contributed by atoms with E-state index < -0.39 is 5.97 Å². The van der Waals surface area contributed by atoms with Gasteiger partial charge in [-0.15, -0.1) is 0 Å². The average Bonchev–Trinajstić information content (AvgIpc) is 3.08. The molecule has 0 fully saturated rings. The van der Waals surface area contributed by atoms with Gasteiger partial charge in [0.25, 0.3) is 5.95 Å². The van der Waals surface area contributed by atoms with E-state index in [4.69, 9.17) is 9.47 Å². The number of hydrogen-bond donors (Lipinski definition) is 1. The molecule has 0 bridgehead atoms. The molecule has 2 aromatic heterocycles. The van der Waals surface area contributed by atoms with Gasteiger partial charge in [-0.3, -0.25) is 0 Å². The van der Waals surface area contributed by atoms with E-state index in [2.05, 4.69) is 20.4 Å². The third kappa shape index (κ3) is 4.22. The summed E-state index contributed by atoms with van der Waals surface area (Å²) in [4.78, 5) is 20.7. The van der Waals surface area contributed by atoms with E-state index in [9.17, 15) is 4.79 Å². The maximum atomic E-state index is 11.9. The number of benzene rings is 1. The molecule has 8 heteroatoms. The van der Waals surface area contributed by atoms with Crippen molar-refractivity contribution in [3.63, 3.8) is 0 Å². The molecule has 27 heavy (non-hydrogen) atoms. The van der Waals surface area contributed by atoms with Crippen molar-refractivity contribution in [1.29, 1.82) is 0 Å². The Morgan fingerprint density at radius 3 is 2.70 bits per heavy atom. The Bertz CT molecular complexity index is 921. The van der Waals surface area contributed by atoms with Crippen LogP contribution in [0.3, 0.4) is 0 Å². The highest BCUT2D eigenvalue weighted by Crippen LogP contribution is 2.15. The fourth-order valence-electron chi connectivity index (χ4n) is 2.51.